The Balaban J connectivity index is 0.000000810. The van der Waals surface area contributed by atoms with Crippen molar-refractivity contribution in [3.8, 4) is 0 Å². The highest BCUT2D eigenvalue weighted by molar-refractivity contribution is 6.34. The molecule has 0 aromatic carbocycles. The normalized spacial score (nSPS) is 8.60. The van der Waals surface area contributed by atoms with Gasteiger partial charge in [0.25, 0.3) is 0 Å². The molecule has 0 aliphatic heterocycles. The highest BCUT2D eigenvalue weighted by Gasteiger charge is 1.95. The van der Waals surface area contributed by atoms with E-state index in [4.69, 9.17) is 28.9 Å². The number of rotatable bonds is 0. The SMILES string of the molecule is Cl.Nc1nc(Cl)ccc1Cl. The summed E-state index contributed by atoms with van der Waals surface area (Å²) >= 11 is 11.0. The number of nitrogens with two attached hydrogens (primary N) is 1. The summed E-state index contributed by atoms with van der Waals surface area (Å²) in [6.45, 7) is 0. The van der Waals surface area contributed by atoms with E-state index in [0.717, 1.165) is 0 Å². The molecule has 2 nitrogen and oxygen atoms in total. The Morgan fingerprint density at radius 2 is 1.90 bits per heavy atom. The monoisotopic (exact) mass is 198 g/mol. The molecule has 0 amide bonds. The second-order valence-electron chi connectivity index (χ2n) is 1.50. The van der Waals surface area contributed by atoms with Crippen LogP contribution in [0.4, 0.5) is 5.82 Å². The van der Waals surface area contributed by atoms with Crippen molar-refractivity contribution in [2.45, 2.75) is 0 Å². The van der Waals surface area contributed by atoms with Crippen LogP contribution < -0.4 is 5.73 Å². The van der Waals surface area contributed by atoms with Gasteiger partial charge in [-0.25, -0.2) is 4.98 Å². The lowest BCUT2D eigenvalue weighted by Crippen LogP contribution is -1.89. The van der Waals surface area contributed by atoms with Crippen LogP contribution >= 0.6 is 35.6 Å². The van der Waals surface area contributed by atoms with Crippen molar-refractivity contribution in [2.24, 2.45) is 0 Å². The number of nitrogen functional groups attached to an aromatic ring is 1. The zero-order valence-corrected chi connectivity index (χ0v) is 7.17. The van der Waals surface area contributed by atoms with E-state index in [1.165, 1.54) is 0 Å². The van der Waals surface area contributed by atoms with Crippen LogP contribution in [0.3, 0.4) is 0 Å². The fourth-order valence-electron chi connectivity index (χ4n) is 0.433. The molecule has 10 heavy (non-hydrogen) atoms. The van der Waals surface area contributed by atoms with Crippen molar-refractivity contribution in [2.75, 3.05) is 5.73 Å². The molecule has 5 heteroatoms. The largest absolute Gasteiger partial charge is 0.382 e. The van der Waals surface area contributed by atoms with Gasteiger partial charge >= 0.3 is 0 Å². The molecule has 0 radical (unpaired) electrons. The first kappa shape index (κ1) is 9.82. The standard InChI is InChI=1S/C5H4Cl2N2.ClH/c6-3-1-2-4(7)9-5(3)8;/h1-2H,(H2,8,9);1H. The minimum Gasteiger partial charge on any atom is -0.382 e. The lowest BCUT2D eigenvalue weighted by atomic mass is 10.5. The molecule has 0 unspecified atom stereocenters. The fourth-order valence-corrected chi connectivity index (χ4v) is 0.692. The minimum absolute atomic E-state index is 0. The van der Waals surface area contributed by atoms with Crippen molar-refractivity contribution < 1.29 is 0 Å². The first-order chi connectivity index (χ1) is 4.20. The van der Waals surface area contributed by atoms with Gasteiger partial charge in [-0.3, -0.25) is 0 Å². The van der Waals surface area contributed by atoms with E-state index in [1.807, 2.05) is 0 Å². The molecule has 56 valence electrons. The van der Waals surface area contributed by atoms with E-state index in [-0.39, 0.29) is 18.2 Å². The molecule has 0 bridgehead atoms. The number of hydrogen-bond acceptors (Lipinski definition) is 2. The molecular formula is C5H5Cl3N2. The van der Waals surface area contributed by atoms with Crippen LogP contribution in [0.2, 0.25) is 10.2 Å². The van der Waals surface area contributed by atoms with Gasteiger partial charge in [0, 0.05) is 0 Å². The van der Waals surface area contributed by atoms with Gasteiger partial charge in [-0.2, -0.15) is 0 Å². The molecule has 0 aliphatic carbocycles. The van der Waals surface area contributed by atoms with Gasteiger partial charge < -0.3 is 5.73 Å². The number of hydrogen-bond donors (Lipinski definition) is 1. The Morgan fingerprint density at radius 3 is 2.30 bits per heavy atom. The van der Waals surface area contributed by atoms with Gasteiger partial charge in [-0.15, -0.1) is 12.4 Å². The lowest BCUT2D eigenvalue weighted by molar-refractivity contribution is 1.34. The number of nitrogens with zero attached hydrogens (tertiary/aromatic N) is 1. The Kier molecular flexibility index (Phi) is 3.79. The molecular weight excluding hydrogens is 194 g/mol. The molecule has 1 rings (SSSR count). The molecule has 1 aromatic heterocycles. The van der Waals surface area contributed by atoms with Gasteiger partial charge in [-0.1, -0.05) is 23.2 Å². The Hall–Kier alpha value is -0.180. The van der Waals surface area contributed by atoms with E-state index >= 15 is 0 Å². The second-order valence-corrected chi connectivity index (χ2v) is 2.30. The minimum atomic E-state index is 0. The molecule has 1 aromatic rings. The van der Waals surface area contributed by atoms with Crippen molar-refractivity contribution in [3.63, 3.8) is 0 Å². The number of halogens is 3. The smallest absolute Gasteiger partial charge is 0.143 e. The van der Waals surface area contributed by atoms with Gasteiger partial charge in [0.2, 0.25) is 0 Å². The summed E-state index contributed by atoms with van der Waals surface area (Å²) in [4.78, 5) is 3.68. The molecule has 0 aliphatic rings. The van der Waals surface area contributed by atoms with Crippen LogP contribution in [0.25, 0.3) is 0 Å². The van der Waals surface area contributed by atoms with Gasteiger partial charge in [0.05, 0.1) is 5.02 Å². The summed E-state index contributed by atoms with van der Waals surface area (Å²) in [6.07, 6.45) is 0. The third-order valence-electron chi connectivity index (χ3n) is 0.839. The molecule has 0 saturated carbocycles. The van der Waals surface area contributed by atoms with Crippen molar-refractivity contribution in [1.82, 2.24) is 4.98 Å². The van der Waals surface area contributed by atoms with Crippen LogP contribution in [-0.4, -0.2) is 4.98 Å². The summed E-state index contributed by atoms with van der Waals surface area (Å²) in [7, 11) is 0. The maximum absolute atomic E-state index is 5.53. The van der Waals surface area contributed by atoms with Gasteiger partial charge in [0.15, 0.2) is 0 Å². The summed E-state index contributed by atoms with van der Waals surface area (Å²) in [6, 6.07) is 3.19. The molecule has 0 atom stereocenters. The summed E-state index contributed by atoms with van der Waals surface area (Å²) < 4.78 is 0. The second kappa shape index (κ2) is 3.86. The predicted octanol–water partition coefficient (Wildman–Crippen LogP) is 2.39. The van der Waals surface area contributed by atoms with Crippen LogP contribution in [0, 0.1) is 0 Å². The average molecular weight is 199 g/mol. The van der Waals surface area contributed by atoms with Crippen LogP contribution in [0.5, 0.6) is 0 Å². The first-order valence-corrected chi connectivity index (χ1v) is 3.03. The topological polar surface area (TPSA) is 38.9 Å². The maximum Gasteiger partial charge on any atom is 0.143 e. The van der Waals surface area contributed by atoms with E-state index in [0.29, 0.717) is 10.2 Å². The molecule has 0 fully saturated rings. The summed E-state index contributed by atoms with van der Waals surface area (Å²) in [5.74, 6) is 0.268. The first-order valence-electron chi connectivity index (χ1n) is 2.27. The zero-order valence-electron chi connectivity index (χ0n) is 4.84. The Morgan fingerprint density at radius 1 is 1.30 bits per heavy atom. The van der Waals surface area contributed by atoms with Gasteiger partial charge in [-0.05, 0) is 12.1 Å². The Bertz CT molecular complexity index is 226. The average Bonchev–Trinajstić information content (AvgIpc) is 1.80. The Labute approximate surface area is 74.8 Å². The lowest BCUT2D eigenvalue weighted by Gasteiger charge is -1.93. The van der Waals surface area contributed by atoms with Gasteiger partial charge in [0.1, 0.15) is 11.0 Å². The van der Waals surface area contributed by atoms with Crippen molar-refractivity contribution in [1.29, 1.82) is 0 Å². The highest BCUT2D eigenvalue weighted by Crippen LogP contribution is 2.17. The summed E-state index contributed by atoms with van der Waals surface area (Å²) in [5, 5.41) is 0.788. The summed E-state index contributed by atoms with van der Waals surface area (Å²) in [5.41, 5.74) is 5.29. The third kappa shape index (κ3) is 2.21. The van der Waals surface area contributed by atoms with Crippen LogP contribution in [-0.2, 0) is 0 Å². The maximum atomic E-state index is 5.53. The highest BCUT2D eigenvalue weighted by atomic mass is 35.5. The molecule has 0 saturated heterocycles. The van der Waals surface area contributed by atoms with Crippen molar-refractivity contribution >= 4 is 41.4 Å². The number of aromatic nitrogens is 1. The number of anilines is 1. The zero-order chi connectivity index (χ0) is 6.85. The van der Waals surface area contributed by atoms with Crippen molar-refractivity contribution in [3.05, 3.63) is 22.3 Å². The fraction of sp³-hybridized carbons (Fsp3) is 0. The predicted molar refractivity (Wildman–Crippen MR) is 45.9 cm³/mol. The number of pyridine rings is 1. The third-order valence-corrected chi connectivity index (χ3v) is 1.37. The molecule has 1 heterocycles. The molecule has 0 spiro atoms. The van der Waals surface area contributed by atoms with E-state index in [2.05, 4.69) is 4.98 Å². The van der Waals surface area contributed by atoms with E-state index < -0.39 is 0 Å². The van der Waals surface area contributed by atoms with E-state index in [1.54, 1.807) is 12.1 Å². The van der Waals surface area contributed by atoms with Crippen LogP contribution in [0.1, 0.15) is 0 Å². The van der Waals surface area contributed by atoms with E-state index in [9.17, 15) is 0 Å². The van der Waals surface area contributed by atoms with Crippen LogP contribution in [0.15, 0.2) is 12.1 Å². The quantitative estimate of drug-likeness (QED) is 0.652. The molecule has 2 N–H and O–H groups in total.